The average Bonchev–Trinajstić information content (AvgIpc) is 2.10. The second-order valence-electron chi connectivity index (χ2n) is 2.51. The third-order valence-corrected chi connectivity index (χ3v) is 3.93. The molecular weight excluding hydrogens is 184 g/mol. The van der Waals surface area contributed by atoms with Gasteiger partial charge in [-0.05, 0) is 25.7 Å². The summed E-state index contributed by atoms with van der Waals surface area (Å²) in [4.78, 5) is 0. The lowest BCUT2D eigenvalue weighted by Crippen LogP contribution is -1.77. The minimum absolute atomic E-state index is 1.15. The molecule has 0 aromatic carbocycles. The van der Waals surface area contributed by atoms with E-state index in [1.165, 1.54) is 24.3 Å². The molecule has 12 heavy (non-hydrogen) atoms. The summed E-state index contributed by atoms with van der Waals surface area (Å²) >= 11 is 0. The van der Waals surface area contributed by atoms with Gasteiger partial charge in [-0.15, -0.1) is 13.2 Å². The van der Waals surface area contributed by atoms with Gasteiger partial charge >= 0.3 is 0 Å². The van der Waals surface area contributed by atoms with Crippen LogP contribution in [0.1, 0.15) is 25.7 Å². The van der Waals surface area contributed by atoms with E-state index in [9.17, 15) is 0 Å². The second-order valence-corrected chi connectivity index (χ2v) is 5.21. The Morgan fingerprint density at radius 3 is 1.58 bits per heavy atom. The van der Waals surface area contributed by atoms with E-state index in [1.807, 2.05) is 33.7 Å². The summed E-state index contributed by atoms with van der Waals surface area (Å²) in [5.74, 6) is 2.51. The summed E-state index contributed by atoms with van der Waals surface area (Å²) < 4.78 is 0. The topological polar surface area (TPSA) is 0 Å². The van der Waals surface area contributed by atoms with E-state index < -0.39 is 0 Å². The first-order valence-corrected chi connectivity index (χ1v) is 6.87. The highest BCUT2D eigenvalue weighted by Gasteiger charge is 1.89. The molecule has 0 nitrogen and oxygen atoms in total. The Morgan fingerprint density at radius 1 is 0.833 bits per heavy atom. The molecule has 0 radical (unpaired) electrons. The Morgan fingerprint density at radius 2 is 1.25 bits per heavy atom. The van der Waals surface area contributed by atoms with Gasteiger partial charge in [-0.1, -0.05) is 33.7 Å². The van der Waals surface area contributed by atoms with E-state index in [1.54, 1.807) is 0 Å². The van der Waals surface area contributed by atoms with Crippen molar-refractivity contribution in [1.82, 2.24) is 0 Å². The van der Waals surface area contributed by atoms with Crippen LogP contribution in [0.4, 0.5) is 0 Å². The zero-order valence-corrected chi connectivity index (χ0v) is 9.26. The van der Waals surface area contributed by atoms with E-state index >= 15 is 0 Å². The van der Waals surface area contributed by atoms with Gasteiger partial charge in [-0.2, -0.15) is 0 Å². The Kier molecular flexibility index (Phi) is 11.3. The van der Waals surface area contributed by atoms with Crippen LogP contribution in [0.3, 0.4) is 0 Å². The standard InChI is InChI=1S/C10H18S2/c1-3-5-7-9-11-12-10-8-6-4-2/h3-4H,1-2,5-10H2. The highest BCUT2D eigenvalue weighted by Crippen LogP contribution is 2.23. The van der Waals surface area contributed by atoms with Crippen molar-refractivity contribution in [3.8, 4) is 0 Å². The van der Waals surface area contributed by atoms with Crippen molar-refractivity contribution in [2.45, 2.75) is 25.7 Å². The van der Waals surface area contributed by atoms with Crippen LogP contribution in [0.25, 0.3) is 0 Å². The minimum Gasteiger partial charge on any atom is -0.103 e. The third-order valence-electron chi connectivity index (χ3n) is 1.36. The quantitative estimate of drug-likeness (QED) is 0.310. The summed E-state index contributed by atoms with van der Waals surface area (Å²) in [5, 5.41) is 0. The Hall–Kier alpha value is 0.180. The maximum absolute atomic E-state index is 3.69. The van der Waals surface area contributed by atoms with Gasteiger partial charge in [0.25, 0.3) is 0 Å². The van der Waals surface area contributed by atoms with Crippen LogP contribution in [0.2, 0.25) is 0 Å². The van der Waals surface area contributed by atoms with Gasteiger partial charge in [-0.25, -0.2) is 0 Å². The van der Waals surface area contributed by atoms with Crippen molar-refractivity contribution in [3.63, 3.8) is 0 Å². The summed E-state index contributed by atoms with van der Waals surface area (Å²) in [5.41, 5.74) is 0. The van der Waals surface area contributed by atoms with Crippen molar-refractivity contribution in [2.75, 3.05) is 11.5 Å². The van der Waals surface area contributed by atoms with Crippen LogP contribution in [0.15, 0.2) is 25.3 Å². The summed E-state index contributed by atoms with van der Waals surface area (Å²) in [6.07, 6.45) is 8.82. The molecule has 0 aliphatic heterocycles. The third kappa shape index (κ3) is 10.2. The molecule has 2 heteroatoms. The molecular formula is C10H18S2. The van der Waals surface area contributed by atoms with E-state index in [4.69, 9.17) is 0 Å². The van der Waals surface area contributed by atoms with E-state index in [2.05, 4.69) is 13.2 Å². The first-order valence-electron chi connectivity index (χ1n) is 4.38. The summed E-state index contributed by atoms with van der Waals surface area (Å²) in [6.45, 7) is 7.38. The molecule has 0 fully saturated rings. The van der Waals surface area contributed by atoms with Gasteiger partial charge in [0.15, 0.2) is 0 Å². The molecule has 0 spiro atoms. The fourth-order valence-electron chi connectivity index (χ4n) is 0.691. The van der Waals surface area contributed by atoms with Crippen LogP contribution in [-0.2, 0) is 0 Å². The predicted octanol–water partition coefficient (Wildman–Crippen LogP) is 4.30. The highest BCUT2D eigenvalue weighted by atomic mass is 33.1. The van der Waals surface area contributed by atoms with Crippen LogP contribution in [0, 0.1) is 0 Å². The van der Waals surface area contributed by atoms with Gasteiger partial charge in [0.05, 0.1) is 0 Å². The van der Waals surface area contributed by atoms with Crippen LogP contribution in [0.5, 0.6) is 0 Å². The number of unbranched alkanes of at least 4 members (excludes halogenated alkanes) is 2. The smallest absolute Gasteiger partial charge is 0.00398 e. The fraction of sp³-hybridized carbons (Fsp3) is 0.600. The second kappa shape index (κ2) is 11.2. The lowest BCUT2D eigenvalue weighted by Gasteiger charge is -1.98. The summed E-state index contributed by atoms with van der Waals surface area (Å²) in [6, 6.07) is 0. The van der Waals surface area contributed by atoms with Gasteiger partial charge in [0.1, 0.15) is 0 Å². The highest BCUT2D eigenvalue weighted by molar-refractivity contribution is 8.76. The van der Waals surface area contributed by atoms with E-state index in [0.717, 1.165) is 12.8 Å². The SMILES string of the molecule is C=CCCCSSCCCC=C. The maximum atomic E-state index is 3.69. The number of hydrogen-bond acceptors (Lipinski definition) is 2. The normalized spacial score (nSPS) is 9.67. The fourth-order valence-corrected chi connectivity index (χ4v) is 2.91. The monoisotopic (exact) mass is 202 g/mol. The zero-order valence-electron chi connectivity index (χ0n) is 7.63. The molecule has 0 N–H and O–H groups in total. The lowest BCUT2D eigenvalue weighted by atomic mass is 10.3. The number of hydrogen-bond donors (Lipinski definition) is 0. The van der Waals surface area contributed by atoms with Crippen LogP contribution in [-0.4, -0.2) is 11.5 Å². The van der Waals surface area contributed by atoms with Gasteiger partial charge < -0.3 is 0 Å². The molecule has 0 bridgehead atoms. The van der Waals surface area contributed by atoms with Crippen LogP contribution < -0.4 is 0 Å². The van der Waals surface area contributed by atoms with E-state index in [0.29, 0.717) is 0 Å². The number of rotatable bonds is 9. The van der Waals surface area contributed by atoms with Crippen LogP contribution >= 0.6 is 21.6 Å². The predicted molar refractivity (Wildman–Crippen MR) is 63.8 cm³/mol. The molecule has 0 aliphatic carbocycles. The molecule has 0 unspecified atom stereocenters. The number of allylic oxidation sites excluding steroid dienone is 2. The summed E-state index contributed by atoms with van der Waals surface area (Å²) in [7, 11) is 3.96. The molecule has 0 heterocycles. The largest absolute Gasteiger partial charge is 0.103 e. The zero-order chi connectivity index (χ0) is 9.07. The molecule has 0 amide bonds. The molecule has 0 aliphatic rings. The maximum Gasteiger partial charge on any atom is 0.00398 e. The van der Waals surface area contributed by atoms with Crippen molar-refractivity contribution < 1.29 is 0 Å². The van der Waals surface area contributed by atoms with Gasteiger partial charge in [0.2, 0.25) is 0 Å². The Balaban J connectivity index is 2.81. The van der Waals surface area contributed by atoms with Crippen molar-refractivity contribution >= 4 is 21.6 Å². The lowest BCUT2D eigenvalue weighted by molar-refractivity contribution is 0.973. The van der Waals surface area contributed by atoms with Gasteiger partial charge in [-0.3, -0.25) is 0 Å². The minimum atomic E-state index is 1.15. The van der Waals surface area contributed by atoms with Crippen molar-refractivity contribution in [3.05, 3.63) is 25.3 Å². The molecule has 0 saturated carbocycles. The molecule has 0 aromatic heterocycles. The first kappa shape index (κ1) is 12.2. The Labute approximate surface area is 84.3 Å². The van der Waals surface area contributed by atoms with Crippen molar-refractivity contribution in [2.24, 2.45) is 0 Å². The van der Waals surface area contributed by atoms with Gasteiger partial charge in [0, 0.05) is 11.5 Å². The Bertz CT molecular complexity index is 96.4. The van der Waals surface area contributed by atoms with E-state index in [-0.39, 0.29) is 0 Å². The molecule has 0 saturated heterocycles. The molecule has 0 atom stereocenters. The molecule has 70 valence electrons. The first-order chi connectivity index (χ1) is 5.91. The average molecular weight is 202 g/mol. The molecule has 0 rings (SSSR count). The van der Waals surface area contributed by atoms with Crippen molar-refractivity contribution in [1.29, 1.82) is 0 Å². The molecule has 0 aromatic rings.